The number of rotatable bonds is 3. The normalized spacial score (nSPS) is 18.9. The molecule has 0 radical (unpaired) electrons. The van der Waals surface area contributed by atoms with Crippen LogP contribution in [0, 0.1) is 17.0 Å². The third-order valence-corrected chi connectivity index (χ3v) is 2.77. The van der Waals surface area contributed by atoms with Crippen molar-refractivity contribution in [2.75, 3.05) is 11.9 Å². The summed E-state index contributed by atoms with van der Waals surface area (Å²) in [7, 11) is 0. The molecule has 0 bridgehead atoms. The van der Waals surface area contributed by atoms with E-state index >= 15 is 0 Å². The molecule has 6 heteroatoms. The van der Waals surface area contributed by atoms with Crippen LogP contribution in [0.25, 0.3) is 0 Å². The number of hydrogen-bond donors (Lipinski definition) is 2. The molecule has 1 fully saturated rings. The third-order valence-electron chi connectivity index (χ3n) is 2.77. The first-order valence-electron chi connectivity index (χ1n) is 5.34. The largest absolute Gasteiger partial charge is 0.380 e. The van der Waals surface area contributed by atoms with Gasteiger partial charge in [0.05, 0.1) is 11.0 Å². The molecule has 0 saturated carbocycles. The molecule has 0 spiro atoms. The van der Waals surface area contributed by atoms with Crippen LogP contribution in [0.4, 0.5) is 11.4 Å². The number of aryl methyl sites for hydroxylation is 1. The van der Waals surface area contributed by atoms with Crippen LogP contribution in [0.15, 0.2) is 18.2 Å². The van der Waals surface area contributed by atoms with E-state index in [1.54, 1.807) is 6.07 Å². The van der Waals surface area contributed by atoms with Crippen LogP contribution < -0.4 is 10.6 Å². The molecular formula is C11H13N3O3. The van der Waals surface area contributed by atoms with Gasteiger partial charge in [-0.3, -0.25) is 14.9 Å². The minimum Gasteiger partial charge on any atom is -0.380 e. The molecule has 1 aromatic rings. The van der Waals surface area contributed by atoms with Crippen molar-refractivity contribution in [2.45, 2.75) is 19.4 Å². The van der Waals surface area contributed by atoms with Crippen LogP contribution in [0.1, 0.15) is 12.0 Å². The van der Waals surface area contributed by atoms with Crippen LogP contribution in [0.3, 0.4) is 0 Å². The number of nitro groups is 1. The fourth-order valence-corrected chi connectivity index (χ4v) is 1.81. The molecule has 1 unspecified atom stereocenters. The number of nitrogens with zero attached hydrogens (tertiary/aromatic N) is 1. The summed E-state index contributed by atoms with van der Waals surface area (Å²) in [6.45, 7) is 2.43. The molecule has 0 aliphatic carbocycles. The van der Waals surface area contributed by atoms with Gasteiger partial charge < -0.3 is 10.6 Å². The van der Waals surface area contributed by atoms with Gasteiger partial charge in [0.15, 0.2) is 0 Å². The Morgan fingerprint density at radius 2 is 2.29 bits per heavy atom. The van der Waals surface area contributed by atoms with Gasteiger partial charge in [0.25, 0.3) is 5.69 Å². The zero-order valence-corrected chi connectivity index (χ0v) is 9.40. The number of carbonyl (C=O) groups is 1. The van der Waals surface area contributed by atoms with Crippen molar-refractivity contribution < 1.29 is 9.72 Å². The maximum absolute atomic E-state index is 11.0. The van der Waals surface area contributed by atoms with Gasteiger partial charge in [-0.15, -0.1) is 0 Å². The quantitative estimate of drug-likeness (QED) is 0.609. The zero-order valence-electron chi connectivity index (χ0n) is 9.40. The second-order valence-electron chi connectivity index (χ2n) is 4.11. The first kappa shape index (κ1) is 11.4. The Kier molecular flexibility index (Phi) is 2.95. The van der Waals surface area contributed by atoms with E-state index in [0.29, 0.717) is 18.7 Å². The molecule has 1 aromatic carbocycles. The monoisotopic (exact) mass is 235 g/mol. The number of amides is 1. The highest BCUT2D eigenvalue weighted by Gasteiger charge is 2.22. The molecule has 17 heavy (non-hydrogen) atoms. The van der Waals surface area contributed by atoms with E-state index in [-0.39, 0.29) is 17.6 Å². The molecule has 1 heterocycles. The van der Waals surface area contributed by atoms with Crippen molar-refractivity contribution in [2.24, 2.45) is 0 Å². The molecule has 1 amide bonds. The number of benzene rings is 1. The lowest BCUT2D eigenvalue weighted by molar-refractivity contribution is -0.384. The van der Waals surface area contributed by atoms with Crippen molar-refractivity contribution in [1.82, 2.24) is 5.32 Å². The zero-order chi connectivity index (χ0) is 12.4. The molecule has 0 aromatic heterocycles. The summed E-state index contributed by atoms with van der Waals surface area (Å²) < 4.78 is 0. The fraction of sp³-hybridized carbons (Fsp3) is 0.364. The predicted octanol–water partition coefficient (Wildman–Crippen LogP) is 1.20. The van der Waals surface area contributed by atoms with Gasteiger partial charge >= 0.3 is 0 Å². The van der Waals surface area contributed by atoms with Crippen LogP contribution in [0.2, 0.25) is 0 Å². The van der Waals surface area contributed by atoms with Crippen molar-refractivity contribution in [3.8, 4) is 0 Å². The van der Waals surface area contributed by atoms with E-state index < -0.39 is 4.92 Å². The van der Waals surface area contributed by atoms with Crippen molar-refractivity contribution in [1.29, 1.82) is 0 Å². The van der Waals surface area contributed by atoms with Gasteiger partial charge in [-0.1, -0.05) is 6.07 Å². The van der Waals surface area contributed by atoms with Crippen LogP contribution in [0.5, 0.6) is 0 Å². The standard InChI is InChI=1S/C11H13N3O3/c1-7-2-3-9(14(16)17)5-10(7)13-8-4-11(15)12-6-8/h2-3,5,8,13H,4,6H2,1H3,(H,12,15). The van der Waals surface area contributed by atoms with E-state index in [1.807, 2.05) is 6.92 Å². The summed E-state index contributed by atoms with van der Waals surface area (Å²) in [5.74, 6) is 0.00517. The van der Waals surface area contributed by atoms with Crippen LogP contribution in [-0.2, 0) is 4.79 Å². The summed E-state index contributed by atoms with van der Waals surface area (Å²) in [4.78, 5) is 21.3. The Bertz CT molecular complexity index is 473. The highest BCUT2D eigenvalue weighted by molar-refractivity contribution is 5.79. The van der Waals surface area contributed by atoms with Gasteiger partial charge in [-0.2, -0.15) is 0 Å². The lowest BCUT2D eigenvalue weighted by Crippen LogP contribution is -2.22. The molecule has 1 atom stereocenters. The second-order valence-corrected chi connectivity index (χ2v) is 4.11. The first-order chi connectivity index (χ1) is 8.06. The number of carbonyl (C=O) groups excluding carboxylic acids is 1. The number of anilines is 1. The van der Waals surface area contributed by atoms with E-state index in [4.69, 9.17) is 0 Å². The van der Waals surface area contributed by atoms with Crippen molar-refractivity contribution in [3.05, 3.63) is 33.9 Å². The Labute approximate surface area is 98.2 Å². The Hall–Kier alpha value is -2.11. The number of hydrogen-bond acceptors (Lipinski definition) is 4. The fourth-order valence-electron chi connectivity index (χ4n) is 1.81. The molecular weight excluding hydrogens is 222 g/mol. The average Bonchev–Trinajstić information content (AvgIpc) is 2.67. The summed E-state index contributed by atoms with van der Waals surface area (Å²) in [6.07, 6.45) is 0.405. The number of nitro benzene ring substituents is 1. The average molecular weight is 235 g/mol. The first-order valence-corrected chi connectivity index (χ1v) is 5.34. The maximum Gasteiger partial charge on any atom is 0.271 e. The van der Waals surface area contributed by atoms with E-state index in [1.165, 1.54) is 12.1 Å². The van der Waals surface area contributed by atoms with Gasteiger partial charge in [-0.25, -0.2) is 0 Å². The SMILES string of the molecule is Cc1ccc([N+](=O)[O-])cc1NC1CNC(=O)C1. The Morgan fingerprint density at radius 1 is 1.53 bits per heavy atom. The van der Waals surface area contributed by atoms with Crippen LogP contribution >= 0.6 is 0 Å². The molecule has 90 valence electrons. The Balaban J connectivity index is 2.17. The minimum atomic E-state index is -0.428. The molecule has 6 nitrogen and oxygen atoms in total. The highest BCUT2D eigenvalue weighted by atomic mass is 16.6. The minimum absolute atomic E-state index is 0.00297. The van der Waals surface area contributed by atoms with E-state index in [2.05, 4.69) is 10.6 Å². The van der Waals surface area contributed by atoms with Gasteiger partial charge in [0, 0.05) is 30.8 Å². The lowest BCUT2D eigenvalue weighted by atomic mass is 10.1. The molecule has 2 N–H and O–H groups in total. The van der Waals surface area contributed by atoms with Gasteiger partial charge in [-0.05, 0) is 12.5 Å². The third kappa shape index (κ3) is 2.52. The predicted molar refractivity (Wildman–Crippen MR) is 62.9 cm³/mol. The number of nitrogens with one attached hydrogen (secondary N) is 2. The van der Waals surface area contributed by atoms with Crippen LogP contribution in [-0.4, -0.2) is 23.4 Å². The summed E-state index contributed by atoms with van der Waals surface area (Å²) in [5.41, 5.74) is 1.69. The molecule has 1 aliphatic heterocycles. The number of non-ortho nitro benzene ring substituents is 1. The van der Waals surface area contributed by atoms with Crippen molar-refractivity contribution in [3.63, 3.8) is 0 Å². The van der Waals surface area contributed by atoms with Crippen molar-refractivity contribution >= 4 is 17.3 Å². The second kappa shape index (κ2) is 4.40. The van der Waals surface area contributed by atoms with E-state index in [0.717, 1.165) is 5.56 Å². The summed E-state index contributed by atoms with van der Waals surface area (Å²) in [6, 6.07) is 4.67. The lowest BCUT2D eigenvalue weighted by Gasteiger charge is -2.13. The topological polar surface area (TPSA) is 84.3 Å². The van der Waals surface area contributed by atoms with E-state index in [9.17, 15) is 14.9 Å². The summed E-state index contributed by atoms with van der Waals surface area (Å²) in [5, 5.41) is 16.5. The molecule has 2 rings (SSSR count). The smallest absolute Gasteiger partial charge is 0.271 e. The summed E-state index contributed by atoms with van der Waals surface area (Å²) >= 11 is 0. The maximum atomic E-state index is 11.0. The Morgan fingerprint density at radius 3 is 2.88 bits per heavy atom. The molecule has 1 saturated heterocycles. The van der Waals surface area contributed by atoms with Gasteiger partial charge in [0.2, 0.25) is 5.91 Å². The highest BCUT2D eigenvalue weighted by Crippen LogP contribution is 2.23. The van der Waals surface area contributed by atoms with Gasteiger partial charge in [0.1, 0.15) is 0 Å². The molecule has 1 aliphatic rings.